The van der Waals surface area contributed by atoms with Gasteiger partial charge in [-0.15, -0.1) is 0 Å². The first-order valence-electron chi connectivity index (χ1n) is 7.06. The SMILES string of the molecule is Cc1cc(Br)ccc1NCC(=O)NCCc1ccccc1F. The average Bonchev–Trinajstić information content (AvgIpc) is 2.48. The maximum atomic E-state index is 13.4. The highest BCUT2D eigenvalue weighted by atomic mass is 79.9. The van der Waals surface area contributed by atoms with Gasteiger partial charge in [0, 0.05) is 16.7 Å². The molecule has 0 aromatic heterocycles. The molecule has 1 amide bonds. The molecule has 22 heavy (non-hydrogen) atoms. The van der Waals surface area contributed by atoms with Crippen molar-refractivity contribution in [2.24, 2.45) is 0 Å². The Kier molecular flexibility index (Phi) is 5.95. The van der Waals surface area contributed by atoms with Crippen molar-refractivity contribution in [3.63, 3.8) is 0 Å². The molecule has 0 spiro atoms. The molecular formula is C17H18BrFN2O. The first-order valence-corrected chi connectivity index (χ1v) is 7.85. The molecule has 0 aliphatic rings. The van der Waals surface area contributed by atoms with Gasteiger partial charge in [0.25, 0.3) is 0 Å². The molecule has 0 fully saturated rings. The molecule has 0 unspecified atom stereocenters. The maximum absolute atomic E-state index is 13.4. The van der Waals surface area contributed by atoms with Crippen molar-refractivity contribution in [1.82, 2.24) is 5.32 Å². The fourth-order valence-corrected chi connectivity index (χ4v) is 2.58. The van der Waals surface area contributed by atoms with Gasteiger partial charge in [-0.1, -0.05) is 34.1 Å². The number of amides is 1. The summed E-state index contributed by atoms with van der Waals surface area (Å²) in [6, 6.07) is 12.4. The molecule has 0 radical (unpaired) electrons. The van der Waals surface area contributed by atoms with Crippen LogP contribution in [0.15, 0.2) is 46.9 Å². The number of carbonyl (C=O) groups is 1. The fraction of sp³-hybridized carbons (Fsp3) is 0.235. The lowest BCUT2D eigenvalue weighted by atomic mass is 10.1. The summed E-state index contributed by atoms with van der Waals surface area (Å²) >= 11 is 3.40. The van der Waals surface area contributed by atoms with E-state index in [2.05, 4.69) is 26.6 Å². The molecule has 2 N–H and O–H groups in total. The predicted octanol–water partition coefficient (Wildman–Crippen LogP) is 3.67. The van der Waals surface area contributed by atoms with Gasteiger partial charge in [0.2, 0.25) is 5.91 Å². The zero-order valence-electron chi connectivity index (χ0n) is 12.3. The van der Waals surface area contributed by atoms with Gasteiger partial charge in [0.1, 0.15) is 5.82 Å². The van der Waals surface area contributed by atoms with Crippen LogP contribution in [0.3, 0.4) is 0 Å². The molecule has 3 nitrogen and oxygen atoms in total. The smallest absolute Gasteiger partial charge is 0.239 e. The van der Waals surface area contributed by atoms with Gasteiger partial charge in [-0.3, -0.25) is 4.79 Å². The number of hydrogen-bond acceptors (Lipinski definition) is 2. The van der Waals surface area contributed by atoms with Crippen molar-refractivity contribution < 1.29 is 9.18 Å². The molecule has 0 aliphatic heterocycles. The van der Waals surface area contributed by atoms with Crippen molar-refractivity contribution in [3.05, 3.63) is 63.9 Å². The van der Waals surface area contributed by atoms with Crippen molar-refractivity contribution in [2.75, 3.05) is 18.4 Å². The molecule has 0 heterocycles. The third kappa shape index (κ3) is 4.84. The molecule has 116 valence electrons. The first kappa shape index (κ1) is 16.5. The van der Waals surface area contributed by atoms with Gasteiger partial charge < -0.3 is 10.6 Å². The maximum Gasteiger partial charge on any atom is 0.239 e. The Balaban J connectivity index is 1.75. The topological polar surface area (TPSA) is 41.1 Å². The number of carbonyl (C=O) groups excluding carboxylic acids is 1. The zero-order valence-corrected chi connectivity index (χ0v) is 13.9. The zero-order chi connectivity index (χ0) is 15.9. The molecule has 2 aromatic carbocycles. The minimum absolute atomic E-state index is 0.112. The second-order valence-electron chi connectivity index (χ2n) is 5.00. The summed E-state index contributed by atoms with van der Waals surface area (Å²) in [5, 5.41) is 5.88. The van der Waals surface area contributed by atoms with E-state index in [1.165, 1.54) is 6.07 Å². The van der Waals surface area contributed by atoms with Crippen LogP contribution in [-0.2, 0) is 11.2 Å². The van der Waals surface area contributed by atoms with Crippen LogP contribution in [0.2, 0.25) is 0 Å². The van der Waals surface area contributed by atoms with Crippen molar-refractivity contribution in [2.45, 2.75) is 13.3 Å². The van der Waals surface area contributed by atoms with Crippen molar-refractivity contribution >= 4 is 27.5 Å². The van der Waals surface area contributed by atoms with Crippen LogP contribution in [0.4, 0.5) is 10.1 Å². The summed E-state index contributed by atoms with van der Waals surface area (Å²) in [5.41, 5.74) is 2.60. The number of rotatable bonds is 6. The second kappa shape index (κ2) is 7.94. The molecule has 0 aliphatic carbocycles. The molecule has 0 atom stereocenters. The molecule has 0 bridgehead atoms. The van der Waals surface area contributed by atoms with Crippen LogP contribution in [0.5, 0.6) is 0 Å². The van der Waals surface area contributed by atoms with Gasteiger partial charge in [-0.25, -0.2) is 4.39 Å². The van der Waals surface area contributed by atoms with Gasteiger partial charge in [0.05, 0.1) is 6.54 Å². The molecule has 2 rings (SSSR count). The number of benzene rings is 2. The van der Waals surface area contributed by atoms with E-state index < -0.39 is 0 Å². The summed E-state index contributed by atoms with van der Waals surface area (Å²) < 4.78 is 14.4. The summed E-state index contributed by atoms with van der Waals surface area (Å²) in [6.07, 6.45) is 0.482. The lowest BCUT2D eigenvalue weighted by Crippen LogP contribution is -2.31. The number of halogens is 2. The normalized spacial score (nSPS) is 10.3. The number of aryl methyl sites for hydroxylation is 1. The average molecular weight is 365 g/mol. The minimum atomic E-state index is -0.236. The Morgan fingerprint density at radius 1 is 1.23 bits per heavy atom. The van der Waals surface area contributed by atoms with E-state index in [-0.39, 0.29) is 18.3 Å². The largest absolute Gasteiger partial charge is 0.376 e. The lowest BCUT2D eigenvalue weighted by Gasteiger charge is -2.10. The highest BCUT2D eigenvalue weighted by molar-refractivity contribution is 9.10. The summed E-state index contributed by atoms with van der Waals surface area (Å²) in [5.74, 6) is -0.348. The molecule has 0 saturated heterocycles. The molecular weight excluding hydrogens is 347 g/mol. The van der Waals surface area contributed by atoms with E-state index in [0.29, 0.717) is 18.5 Å². The second-order valence-corrected chi connectivity index (χ2v) is 5.92. The Hall–Kier alpha value is -1.88. The number of nitrogens with one attached hydrogen (secondary N) is 2. The third-order valence-electron chi connectivity index (χ3n) is 3.30. The Morgan fingerprint density at radius 2 is 2.00 bits per heavy atom. The molecule has 2 aromatic rings. The third-order valence-corrected chi connectivity index (χ3v) is 3.80. The number of hydrogen-bond donors (Lipinski definition) is 2. The van der Waals surface area contributed by atoms with E-state index in [4.69, 9.17) is 0 Å². The van der Waals surface area contributed by atoms with Crippen molar-refractivity contribution in [3.8, 4) is 0 Å². The van der Waals surface area contributed by atoms with E-state index in [1.807, 2.05) is 25.1 Å². The van der Waals surface area contributed by atoms with Gasteiger partial charge in [-0.2, -0.15) is 0 Å². The Bertz CT molecular complexity index is 661. The summed E-state index contributed by atoms with van der Waals surface area (Å²) in [6.45, 7) is 2.59. The van der Waals surface area contributed by atoms with E-state index in [0.717, 1.165) is 15.7 Å². The van der Waals surface area contributed by atoms with Crippen molar-refractivity contribution in [1.29, 1.82) is 0 Å². The quantitative estimate of drug-likeness (QED) is 0.820. The lowest BCUT2D eigenvalue weighted by molar-refractivity contribution is -0.119. The molecule has 5 heteroatoms. The van der Waals surface area contributed by atoms with Crippen LogP contribution in [0, 0.1) is 12.7 Å². The van der Waals surface area contributed by atoms with E-state index >= 15 is 0 Å². The highest BCUT2D eigenvalue weighted by Gasteiger charge is 2.05. The summed E-state index contributed by atoms with van der Waals surface area (Å²) in [7, 11) is 0. The predicted molar refractivity (Wildman–Crippen MR) is 90.5 cm³/mol. The van der Waals surface area contributed by atoms with Crippen LogP contribution >= 0.6 is 15.9 Å². The van der Waals surface area contributed by atoms with Gasteiger partial charge in [0.15, 0.2) is 0 Å². The Labute approximate surface area is 138 Å². The minimum Gasteiger partial charge on any atom is -0.376 e. The van der Waals surface area contributed by atoms with Crippen LogP contribution in [-0.4, -0.2) is 19.0 Å². The van der Waals surface area contributed by atoms with Crippen LogP contribution < -0.4 is 10.6 Å². The van der Waals surface area contributed by atoms with Gasteiger partial charge >= 0.3 is 0 Å². The van der Waals surface area contributed by atoms with Gasteiger partial charge in [-0.05, 0) is 48.7 Å². The first-order chi connectivity index (χ1) is 10.6. The highest BCUT2D eigenvalue weighted by Crippen LogP contribution is 2.19. The van der Waals surface area contributed by atoms with E-state index in [1.54, 1.807) is 18.2 Å². The monoisotopic (exact) mass is 364 g/mol. The standard InChI is InChI=1S/C17H18BrFN2O/c1-12-10-14(18)6-7-16(12)21-11-17(22)20-9-8-13-4-2-3-5-15(13)19/h2-7,10,21H,8-9,11H2,1H3,(H,20,22). The molecule has 0 saturated carbocycles. The fourth-order valence-electron chi connectivity index (χ4n) is 2.10. The van der Waals surface area contributed by atoms with Crippen LogP contribution in [0.1, 0.15) is 11.1 Å². The Morgan fingerprint density at radius 3 is 2.73 bits per heavy atom. The van der Waals surface area contributed by atoms with E-state index in [9.17, 15) is 9.18 Å². The summed E-state index contributed by atoms with van der Waals surface area (Å²) in [4.78, 5) is 11.8. The number of anilines is 1. The van der Waals surface area contributed by atoms with Crippen LogP contribution in [0.25, 0.3) is 0 Å².